The van der Waals surface area contributed by atoms with E-state index in [1.54, 1.807) is 35.2 Å². The summed E-state index contributed by atoms with van der Waals surface area (Å²) < 4.78 is 78.7. The van der Waals surface area contributed by atoms with E-state index in [1.165, 1.54) is 0 Å². The molecule has 1 atom stereocenters. The Labute approximate surface area is 198 Å². The number of alkyl halides is 6. The summed E-state index contributed by atoms with van der Waals surface area (Å²) in [7, 11) is 0. The van der Waals surface area contributed by atoms with Gasteiger partial charge in [0.25, 0.3) is 0 Å². The maximum atomic E-state index is 13.2. The van der Waals surface area contributed by atoms with Gasteiger partial charge in [-0.25, -0.2) is 4.79 Å². The molecule has 0 saturated carbocycles. The number of hydrogen-bond acceptors (Lipinski definition) is 2. The van der Waals surface area contributed by atoms with E-state index in [1.807, 2.05) is 5.32 Å². The maximum Gasteiger partial charge on any atom is 0.416 e. The number of nitrogens with one attached hydrogen (secondary N) is 2. The third kappa shape index (κ3) is 7.37. The van der Waals surface area contributed by atoms with E-state index in [4.69, 9.17) is 0 Å². The van der Waals surface area contributed by atoms with Gasteiger partial charge in [-0.15, -0.1) is 0 Å². The van der Waals surface area contributed by atoms with Crippen molar-refractivity contribution in [3.8, 4) is 0 Å². The van der Waals surface area contributed by atoms with Gasteiger partial charge in [0.2, 0.25) is 5.91 Å². The number of likely N-dealkylation sites (tertiary alicyclic amines) is 1. The highest BCUT2D eigenvalue weighted by Gasteiger charge is 2.37. The lowest BCUT2D eigenvalue weighted by atomic mass is 9.97. The average molecular weight is 501 g/mol. The fourth-order valence-corrected chi connectivity index (χ4v) is 3.85. The minimum absolute atomic E-state index is 0.0256. The zero-order valence-electron chi connectivity index (χ0n) is 18.8. The molecule has 1 fully saturated rings. The number of urea groups is 1. The Kier molecular flexibility index (Phi) is 7.97. The third-order valence-corrected chi connectivity index (χ3v) is 5.83. The van der Waals surface area contributed by atoms with Crippen LogP contribution < -0.4 is 10.6 Å². The van der Waals surface area contributed by atoms with Crippen molar-refractivity contribution in [2.75, 3.05) is 18.4 Å². The Morgan fingerprint density at radius 2 is 1.49 bits per heavy atom. The zero-order chi connectivity index (χ0) is 25.8. The molecule has 2 N–H and O–H groups in total. The van der Waals surface area contributed by atoms with Gasteiger partial charge < -0.3 is 15.5 Å². The molecule has 2 aromatic rings. The lowest BCUT2D eigenvalue weighted by molar-refractivity contribution is -0.143. The standard InChI is InChI=1S/C24H25F6N3O2/c1-15-7-9-33(10-8-15)21(34)20(11-16-5-3-2-4-6-16)32-22(35)31-19-13-17(23(25,26)27)12-18(14-19)24(28,29)30/h2-6,12-15,20H,7-11H2,1H3,(H2,31,32,35). The van der Waals surface area contributed by atoms with Crippen LogP contribution >= 0.6 is 0 Å². The number of nitrogens with zero attached hydrogens (tertiary/aromatic N) is 1. The summed E-state index contributed by atoms with van der Waals surface area (Å²) in [5.41, 5.74) is -3.07. The molecule has 11 heteroatoms. The van der Waals surface area contributed by atoms with Crippen molar-refractivity contribution in [1.29, 1.82) is 0 Å². The quantitative estimate of drug-likeness (QED) is 0.516. The fourth-order valence-electron chi connectivity index (χ4n) is 3.85. The van der Waals surface area contributed by atoms with Crippen LogP contribution in [0, 0.1) is 5.92 Å². The molecule has 0 aliphatic carbocycles. The van der Waals surface area contributed by atoms with Gasteiger partial charge in [-0.2, -0.15) is 26.3 Å². The Morgan fingerprint density at radius 1 is 0.943 bits per heavy atom. The second-order valence-corrected chi connectivity index (χ2v) is 8.64. The molecule has 0 radical (unpaired) electrons. The van der Waals surface area contributed by atoms with Crippen LogP contribution in [0.15, 0.2) is 48.5 Å². The first-order chi connectivity index (χ1) is 16.3. The Morgan fingerprint density at radius 3 is 2.00 bits per heavy atom. The Bertz CT molecular complexity index is 1000. The monoisotopic (exact) mass is 501 g/mol. The number of carbonyl (C=O) groups excluding carboxylic acids is 2. The summed E-state index contributed by atoms with van der Waals surface area (Å²) in [6, 6.07) is 7.43. The van der Waals surface area contributed by atoms with Crippen LogP contribution in [0.5, 0.6) is 0 Å². The van der Waals surface area contributed by atoms with E-state index < -0.39 is 41.2 Å². The minimum atomic E-state index is -5.05. The molecule has 3 rings (SSSR count). The molecule has 1 aliphatic rings. The van der Waals surface area contributed by atoms with E-state index >= 15 is 0 Å². The molecular weight excluding hydrogens is 476 g/mol. The van der Waals surface area contributed by atoms with E-state index in [9.17, 15) is 35.9 Å². The minimum Gasteiger partial charge on any atom is -0.341 e. The number of halogens is 6. The summed E-state index contributed by atoms with van der Waals surface area (Å²) in [6.45, 7) is 3.06. The van der Waals surface area contributed by atoms with E-state index in [0.29, 0.717) is 31.1 Å². The molecule has 35 heavy (non-hydrogen) atoms. The van der Waals surface area contributed by atoms with Crippen LogP contribution in [-0.4, -0.2) is 36.0 Å². The van der Waals surface area contributed by atoms with Crippen molar-refractivity contribution >= 4 is 17.6 Å². The first-order valence-electron chi connectivity index (χ1n) is 11.0. The molecule has 1 heterocycles. The summed E-state index contributed by atoms with van der Waals surface area (Å²) >= 11 is 0. The Balaban J connectivity index is 1.81. The molecule has 2 aromatic carbocycles. The van der Waals surface area contributed by atoms with Crippen molar-refractivity contribution in [2.45, 2.75) is 44.6 Å². The molecule has 3 amide bonds. The molecule has 5 nitrogen and oxygen atoms in total. The summed E-state index contributed by atoms with van der Waals surface area (Å²) in [5.74, 6) is 0.0857. The van der Waals surface area contributed by atoms with Crippen LogP contribution in [0.3, 0.4) is 0 Å². The number of rotatable bonds is 5. The molecule has 1 saturated heterocycles. The van der Waals surface area contributed by atoms with Gasteiger partial charge in [0.05, 0.1) is 11.1 Å². The van der Waals surface area contributed by atoms with Crippen molar-refractivity contribution in [2.24, 2.45) is 5.92 Å². The lowest BCUT2D eigenvalue weighted by Gasteiger charge is -2.33. The number of hydrogen-bond donors (Lipinski definition) is 2. The van der Waals surface area contributed by atoms with Crippen LogP contribution in [0.2, 0.25) is 0 Å². The van der Waals surface area contributed by atoms with Crippen molar-refractivity contribution < 1.29 is 35.9 Å². The highest BCUT2D eigenvalue weighted by atomic mass is 19.4. The van der Waals surface area contributed by atoms with Crippen LogP contribution in [0.4, 0.5) is 36.8 Å². The normalized spacial score (nSPS) is 16.0. The van der Waals surface area contributed by atoms with E-state index in [2.05, 4.69) is 12.2 Å². The van der Waals surface area contributed by atoms with Crippen molar-refractivity contribution in [3.05, 3.63) is 65.2 Å². The highest BCUT2D eigenvalue weighted by molar-refractivity contribution is 5.94. The Hall–Kier alpha value is -3.24. The molecular formula is C24H25F6N3O2. The lowest BCUT2D eigenvalue weighted by Crippen LogP contribution is -2.52. The highest BCUT2D eigenvalue weighted by Crippen LogP contribution is 2.37. The second-order valence-electron chi connectivity index (χ2n) is 8.64. The molecule has 0 spiro atoms. The number of amides is 3. The summed E-state index contributed by atoms with van der Waals surface area (Å²) in [4.78, 5) is 27.4. The first-order valence-corrected chi connectivity index (χ1v) is 11.0. The predicted molar refractivity (Wildman–Crippen MR) is 118 cm³/mol. The van der Waals surface area contributed by atoms with Gasteiger partial charge >= 0.3 is 18.4 Å². The van der Waals surface area contributed by atoms with Gasteiger partial charge in [0, 0.05) is 25.2 Å². The average Bonchev–Trinajstić information content (AvgIpc) is 2.78. The first kappa shape index (κ1) is 26.4. The SMILES string of the molecule is CC1CCN(C(=O)C(Cc2ccccc2)NC(=O)Nc2cc(C(F)(F)F)cc(C(F)(F)F)c2)CC1. The van der Waals surface area contributed by atoms with Crippen LogP contribution in [-0.2, 0) is 23.6 Å². The summed E-state index contributed by atoms with van der Waals surface area (Å²) in [6.07, 6.45) is -8.41. The molecule has 1 aliphatic heterocycles. The van der Waals surface area contributed by atoms with Gasteiger partial charge in [-0.05, 0) is 42.5 Å². The van der Waals surface area contributed by atoms with Crippen molar-refractivity contribution in [3.63, 3.8) is 0 Å². The third-order valence-electron chi connectivity index (χ3n) is 5.83. The molecule has 190 valence electrons. The summed E-state index contributed by atoms with van der Waals surface area (Å²) in [5, 5.41) is 4.46. The predicted octanol–water partition coefficient (Wildman–Crippen LogP) is 5.72. The molecule has 0 aromatic heterocycles. The number of anilines is 1. The largest absolute Gasteiger partial charge is 0.416 e. The number of piperidine rings is 1. The van der Waals surface area contributed by atoms with Gasteiger partial charge in [0.15, 0.2) is 0 Å². The van der Waals surface area contributed by atoms with E-state index in [0.717, 1.165) is 18.4 Å². The zero-order valence-corrected chi connectivity index (χ0v) is 18.8. The van der Waals surface area contributed by atoms with Gasteiger partial charge in [-0.1, -0.05) is 37.3 Å². The number of benzene rings is 2. The molecule has 0 bridgehead atoms. The molecule has 1 unspecified atom stereocenters. The maximum absolute atomic E-state index is 13.2. The van der Waals surface area contributed by atoms with Crippen LogP contribution in [0.25, 0.3) is 0 Å². The fraction of sp³-hybridized carbons (Fsp3) is 0.417. The van der Waals surface area contributed by atoms with Crippen LogP contribution in [0.1, 0.15) is 36.5 Å². The second kappa shape index (κ2) is 10.6. The van der Waals surface area contributed by atoms with Gasteiger partial charge in [-0.3, -0.25) is 4.79 Å². The topological polar surface area (TPSA) is 61.4 Å². The van der Waals surface area contributed by atoms with Crippen molar-refractivity contribution in [1.82, 2.24) is 10.2 Å². The number of carbonyl (C=O) groups is 2. The van der Waals surface area contributed by atoms with E-state index in [-0.39, 0.29) is 18.4 Å². The van der Waals surface area contributed by atoms with Gasteiger partial charge in [0.1, 0.15) is 6.04 Å². The smallest absolute Gasteiger partial charge is 0.341 e.